The maximum Gasteiger partial charge on any atom is 0.416 e. The van der Waals surface area contributed by atoms with E-state index in [0.717, 1.165) is 12.1 Å². The van der Waals surface area contributed by atoms with Crippen molar-refractivity contribution in [1.29, 1.82) is 0 Å². The molecule has 0 aromatic heterocycles. The van der Waals surface area contributed by atoms with Crippen molar-refractivity contribution in [3.8, 4) is 0 Å². The molecular weight excluding hydrogens is 385 g/mol. The van der Waals surface area contributed by atoms with Gasteiger partial charge in [-0.05, 0) is 31.0 Å². The van der Waals surface area contributed by atoms with Gasteiger partial charge in [0.25, 0.3) is 0 Å². The quantitative estimate of drug-likeness (QED) is 0.751. The fourth-order valence-corrected chi connectivity index (χ4v) is 3.92. The van der Waals surface area contributed by atoms with E-state index >= 15 is 0 Å². The minimum absolute atomic E-state index is 0.0365. The van der Waals surface area contributed by atoms with Crippen molar-refractivity contribution in [2.45, 2.75) is 19.0 Å². The molecule has 0 saturated carbocycles. The summed E-state index contributed by atoms with van der Waals surface area (Å²) in [6.07, 6.45) is -3.07. The third-order valence-corrected chi connectivity index (χ3v) is 5.63. The number of nitrogens with zero attached hydrogens (tertiary/aromatic N) is 4. The molecule has 2 aliphatic rings. The molecule has 160 valence electrons. The van der Waals surface area contributed by atoms with Crippen molar-refractivity contribution in [1.82, 2.24) is 14.7 Å². The van der Waals surface area contributed by atoms with Crippen molar-refractivity contribution >= 4 is 17.6 Å². The van der Waals surface area contributed by atoms with E-state index in [9.17, 15) is 22.8 Å². The molecule has 2 aliphatic heterocycles. The number of anilines is 1. The molecule has 0 unspecified atom stereocenters. The summed E-state index contributed by atoms with van der Waals surface area (Å²) >= 11 is 0. The van der Waals surface area contributed by atoms with Gasteiger partial charge in [0.05, 0.1) is 5.56 Å². The second kappa shape index (κ2) is 8.51. The third-order valence-electron chi connectivity index (χ3n) is 5.63. The lowest BCUT2D eigenvalue weighted by Gasteiger charge is -2.39. The average molecular weight is 412 g/mol. The molecule has 2 saturated heterocycles. The van der Waals surface area contributed by atoms with Crippen LogP contribution in [0.5, 0.6) is 0 Å². The Morgan fingerprint density at radius 2 is 1.59 bits per heavy atom. The largest absolute Gasteiger partial charge is 0.416 e. The first-order chi connectivity index (χ1) is 13.7. The molecule has 0 aliphatic carbocycles. The third kappa shape index (κ3) is 4.94. The molecule has 3 amide bonds. The van der Waals surface area contributed by atoms with Crippen LogP contribution in [0.2, 0.25) is 0 Å². The Kier molecular flexibility index (Phi) is 6.24. The zero-order valence-corrected chi connectivity index (χ0v) is 16.8. The lowest BCUT2D eigenvalue weighted by Crippen LogP contribution is -2.52. The fraction of sp³-hybridized carbons (Fsp3) is 0.600. The predicted octanol–water partition coefficient (Wildman–Crippen LogP) is 2.75. The van der Waals surface area contributed by atoms with Gasteiger partial charge in [0.1, 0.15) is 0 Å². The Morgan fingerprint density at radius 3 is 2.14 bits per heavy atom. The summed E-state index contributed by atoms with van der Waals surface area (Å²) in [6, 6.07) is 5.28. The summed E-state index contributed by atoms with van der Waals surface area (Å²) in [6.45, 7) is 3.13. The first-order valence-corrected chi connectivity index (χ1v) is 9.84. The second-order valence-electron chi connectivity index (χ2n) is 7.80. The van der Waals surface area contributed by atoms with E-state index in [1.165, 1.54) is 11.0 Å². The van der Waals surface area contributed by atoms with Gasteiger partial charge in [-0.1, -0.05) is 6.07 Å². The van der Waals surface area contributed by atoms with E-state index in [1.54, 1.807) is 30.0 Å². The van der Waals surface area contributed by atoms with Crippen LogP contribution in [-0.4, -0.2) is 80.0 Å². The monoisotopic (exact) mass is 412 g/mol. The molecule has 2 fully saturated rings. The van der Waals surface area contributed by atoms with Crippen molar-refractivity contribution in [2.24, 2.45) is 5.92 Å². The van der Waals surface area contributed by atoms with Gasteiger partial charge in [0, 0.05) is 65.0 Å². The summed E-state index contributed by atoms with van der Waals surface area (Å²) in [5.41, 5.74) is -0.130. The van der Waals surface area contributed by atoms with Crippen LogP contribution in [0.1, 0.15) is 18.4 Å². The van der Waals surface area contributed by atoms with Gasteiger partial charge in [0.15, 0.2) is 0 Å². The molecule has 0 bridgehead atoms. The Labute approximate surface area is 168 Å². The molecular formula is C20H27F3N4O2. The van der Waals surface area contributed by atoms with Gasteiger partial charge in [-0.3, -0.25) is 4.79 Å². The van der Waals surface area contributed by atoms with Crippen molar-refractivity contribution in [2.75, 3.05) is 58.3 Å². The highest BCUT2D eigenvalue weighted by Crippen LogP contribution is 2.32. The van der Waals surface area contributed by atoms with E-state index in [2.05, 4.69) is 0 Å². The molecule has 2 heterocycles. The lowest BCUT2D eigenvalue weighted by atomic mass is 9.95. The number of hydrogen-bond acceptors (Lipinski definition) is 3. The van der Waals surface area contributed by atoms with Crippen molar-refractivity contribution in [3.63, 3.8) is 0 Å². The molecule has 0 N–H and O–H groups in total. The molecule has 29 heavy (non-hydrogen) atoms. The van der Waals surface area contributed by atoms with E-state index in [0.29, 0.717) is 57.8 Å². The van der Waals surface area contributed by atoms with Gasteiger partial charge in [-0.25, -0.2) is 4.79 Å². The first kappa shape index (κ1) is 21.3. The molecule has 1 aromatic carbocycles. The zero-order valence-electron chi connectivity index (χ0n) is 16.8. The number of alkyl halides is 3. The van der Waals surface area contributed by atoms with Crippen LogP contribution in [-0.2, 0) is 11.0 Å². The number of hydrogen-bond donors (Lipinski definition) is 0. The number of urea groups is 1. The smallest absolute Gasteiger partial charge is 0.368 e. The van der Waals surface area contributed by atoms with Crippen LogP contribution in [0.25, 0.3) is 0 Å². The number of piperazine rings is 1. The van der Waals surface area contributed by atoms with E-state index in [4.69, 9.17) is 0 Å². The van der Waals surface area contributed by atoms with Crippen LogP contribution < -0.4 is 4.90 Å². The van der Waals surface area contributed by atoms with E-state index in [1.807, 2.05) is 4.90 Å². The highest BCUT2D eigenvalue weighted by molar-refractivity contribution is 5.80. The van der Waals surface area contributed by atoms with Crippen molar-refractivity contribution < 1.29 is 22.8 Å². The number of carbonyl (C=O) groups is 2. The number of amides is 3. The highest BCUT2D eigenvalue weighted by atomic mass is 19.4. The zero-order chi connectivity index (χ0) is 21.2. The van der Waals surface area contributed by atoms with Crippen LogP contribution in [0.3, 0.4) is 0 Å². The Morgan fingerprint density at radius 1 is 0.966 bits per heavy atom. The number of likely N-dealkylation sites (tertiary alicyclic amines) is 1. The molecule has 3 rings (SSSR count). The maximum absolute atomic E-state index is 12.9. The van der Waals surface area contributed by atoms with Crippen LogP contribution in [0.4, 0.5) is 23.7 Å². The number of carbonyl (C=O) groups excluding carboxylic acids is 2. The summed E-state index contributed by atoms with van der Waals surface area (Å²) in [7, 11) is 3.42. The fourth-order valence-electron chi connectivity index (χ4n) is 3.92. The van der Waals surface area contributed by atoms with Gasteiger partial charge in [-0.15, -0.1) is 0 Å². The summed E-state index contributed by atoms with van der Waals surface area (Å²) < 4.78 is 38.8. The van der Waals surface area contributed by atoms with Crippen LogP contribution in [0, 0.1) is 5.92 Å². The number of piperidine rings is 1. The van der Waals surface area contributed by atoms with E-state index in [-0.39, 0.29) is 17.9 Å². The minimum atomic E-state index is -4.36. The Hall–Kier alpha value is -2.45. The maximum atomic E-state index is 12.9. The molecule has 0 radical (unpaired) electrons. The standard InChI is InChI=1S/C20H27F3N4O2/c1-24(2)19(29)27-8-6-15(7-9-27)18(28)26-12-10-25(11-13-26)17-5-3-4-16(14-17)20(21,22)23/h3-5,14-15H,6-13H2,1-2H3. The van der Waals surface area contributed by atoms with Crippen LogP contribution in [0.15, 0.2) is 24.3 Å². The molecule has 0 spiro atoms. The number of benzene rings is 1. The molecule has 0 atom stereocenters. The topological polar surface area (TPSA) is 47.1 Å². The Bertz CT molecular complexity index is 737. The minimum Gasteiger partial charge on any atom is -0.368 e. The first-order valence-electron chi connectivity index (χ1n) is 9.84. The predicted molar refractivity (Wildman–Crippen MR) is 104 cm³/mol. The van der Waals surface area contributed by atoms with Crippen LogP contribution >= 0.6 is 0 Å². The molecule has 9 heteroatoms. The summed E-state index contributed by atoms with van der Waals surface area (Å²) in [4.78, 5) is 31.8. The van der Waals surface area contributed by atoms with Gasteiger partial charge in [-0.2, -0.15) is 13.2 Å². The van der Waals surface area contributed by atoms with Gasteiger partial charge < -0.3 is 19.6 Å². The highest BCUT2D eigenvalue weighted by Gasteiger charge is 2.33. The average Bonchev–Trinajstić information content (AvgIpc) is 2.72. The van der Waals surface area contributed by atoms with Gasteiger partial charge >= 0.3 is 12.2 Å². The van der Waals surface area contributed by atoms with Crippen molar-refractivity contribution in [3.05, 3.63) is 29.8 Å². The number of rotatable bonds is 2. The molecule has 1 aromatic rings. The van der Waals surface area contributed by atoms with Gasteiger partial charge in [0.2, 0.25) is 5.91 Å². The normalized spacial score (nSPS) is 18.7. The number of halogens is 3. The summed E-state index contributed by atoms with van der Waals surface area (Å²) in [5.74, 6) is -0.00744. The SMILES string of the molecule is CN(C)C(=O)N1CCC(C(=O)N2CCN(c3cccc(C(F)(F)F)c3)CC2)CC1. The second-order valence-corrected chi connectivity index (χ2v) is 7.80. The Balaban J connectivity index is 1.52. The molecule has 6 nitrogen and oxygen atoms in total. The van der Waals surface area contributed by atoms with E-state index < -0.39 is 11.7 Å². The summed E-state index contributed by atoms with van der Waals surface area (Å²) in [5, 5.41) is 0. The lowest BCUT2D eigenvalue weighted by molar-refractivity contribution is -0.138.